The molecule has 176 valence electrons. The molecule has 0 fully saturated rings. The number of aryl methyl sites for hydroxylation is 2. The predicted molar refractivity (Wildman–Crippen MR) is 112 cm³/mol. The van der Waals surface area contributed by atoms with Crippen LogP contribution in [0, 0.1) is 5.82 Å². The van der Waals surface area contributed by atoms with E-state index in [1.165, 1.54) is 29.8 Å². The molecular formula is C23H23F4N3O3. The van der Waals surface area contributed by atoms with Gasteiger partial charge in [0.2, 0.25) is 0 Å². The number of halogens is 4. The number of benzene rings is 1. The summed E-state index contributed by atoms with van der Waals surface area (Å²) in [4.78, 5) is 14.9. The van der Waals surface area contributed by atoms with Crippen LogP contribution in [0.15, 0.2) is 42.7 Å². The maximum atomic E-state index is 14.0. The fourth-order valence-corrected chi connectivity index (χ4v) is 3.18. The van der Waals surface area contributed by atoms with Crippen LogP contribution in [0.4, 0.5) is 17.6 Å². The summed E-state index contributed by atoms with van der Waals surface area (Å²) in [6.45, 7) is 3.45. The number of nitrogens with zero attached hydrogens (tertiary/aromatic N) is 3. The van der Waals surface area contributed by atoms with E-state index in [0.717, 1.165) is 36.0 Å². The second-order valence-corrected chi connectivity index (χ2v) is 7.34. The third kappa shape index (κ3) is 6.53. The monoisotopic (exact) mass is 465 g/mol. The Morgan fingerprint density at radius 2 is 1.94 bits per heavy atom. The molecule has 6 nitrogen and oxygen atoms in total. The fraction of sp³-hybridized carbons (Fsp3) is 0.348. The molecule has 0 saturated carbocycles. The SMILES string of the molecule is CCCc1nn(-c2ccc(C(F)(F)F)cn2)cc1CCCOc1cc(OC(C)=O)ccc1F. The number of rotatable bonds is 9. The highest BCUT2D eigenvalue weighted by molar-refractivity contribution is 5.69. The minimum atomic E-state index is -4.45. The molecule has 0 radical (unpaired) electrons. The van der Waals surface area contributed by atoms with E-state index in [-0.39, 0.29) is 23.9 Å². The van der Waals surface area contributed by atoms with Crippen molar-refractivity contribution >= 4 is 5.97 Å². The molecule has 0 atom stereocenters. The molecule has 0 saturated heterocycles. The zero-order valence-corrected chi connectivity index (χ0v) is 18.2. The normalized spacial score (nSPS) is 11.5. The Balaban J connectivity index is 1.65. The first-order valence-electron chi connectivity index (χ1n) is 10.4. The lowest BCUT2D eigenvalue weighted by atomic mass is 10.1. The van der Waals surface area contributed by atoms with E-state index >= 15 is 0 Å². The Kier molecular flexibility index (Phi) is 7.67. The summed E-state index contributed by atoms with van der Waals surface area (Å²) < 4.78 is 64.2. The Morgan fingerprint density at radius 1 is 1.15 bits per heavy atom. The molecule has 0 spiro atoms. The first-order chi connectivity index (χ1) is 15.7. The van der Waals surface area contributed by atoms with Gasteiger partial charge in [-0.25, -0.2) is 14.1 Å². The van der Waals surface area contributed by atoms with Gasteiger partial charge in [0.25, 0.3) is 0 Å². The van der Waals surface area contributed by atoms with E-state index in [4.69, 9.17) is 9.47 Å². The van der Waals surface area contributed by atoms with Crippen LogP contribution < -0.4 is 9.47 Å². The van der Waals surface area contributed by atoms with Crippen molar-refractivity contribution in [3.63, 3.8) is 0 Å². The molecule has 2 heterocycles. The van der Waals surface area contributed by atoms with Gasteiger partial charge in [0.15, 0.2) is 17.4 Å². The minimum absolute atomic E-state index is 0.0211. The summed E-state index contributed by atoms with van der Waals surface area (Å²) in [6, 6.07) is 6.05. The highest BCUT2D eigenvalue weighted by atomic mass is 19.4. The van der Waals surface area contributed by atoms with Crippen LogP contribution in [0.3, 0.4) is 0 Å². The molecule has 0 aliphatic carbocycles. The van der Waals surface area contributed by atoms with Crippen molar-refractivity contribution in [2.45, 2.75) is 45.7 Å². The van der Waals surface area contributed by atoms with E-state index in [2.05, 4.69) is 10.1 Å². The average molecular weight is 465 g/mol. The van der Waals surface area contributed by atoms with Crippen molar-refractivity contribution in [2.24, 2.45) is 0 Å². The predicted octanol–water partition coefficient (Wildman–Crippen LogP) is 5.31. The van der Waals surface area contributed by atoms with Gasteiger partial charge in [-0.2, -0.15) is 18.3 Å². The second-order valence-electron chi connectivity index (χ2n) is 7.34. The number of aromatic nitrogens is 3. The van der Waals surface area contributed by atoms with Gasteiger partial charge in [-0.1, -0.05) is 13.3 Å². The summed E-state index contributed by atoms with van der Waals surface area (Å²) in [7, 11) is 0. The summed E-state index contributed by atoms with van der Waals surface area (Å²) in [5, 5.41) is 4.48. The maximum Gasteiger partial charge on any atom is 0.417 e. The van der Waals surface area contributed by atoms with Gasteiger partial charge in [0.05, 0.1) is 17.9 Å². The zero-order valence-electron chi connectivity index (χ0n) is 18.2. The average Bonchev–Trinajstić information content (AvgIpc) is 3.15. The van der Waals surface area contributed by atoms with Gasteiger partial charge in [-0.3, -0.25) is 4.79 Å². The Morgan fingerprint density at radius 3 is 2.58 bits per heavy atom. The van der Waals surface area contributed by atoms with E-state index in [1.54, 1.807) is 6.20 Å². The number of alkyl halides is 3. The van der Waals surface area contributed by atoms with Crippen LogP contribution in [-0.4, -0.2) is 27.3 Å². The Hall–Kier alpha value is -3.43. The molecule has 0 aliphatic heterocycles. The van der Waals surface area contributed by atoms with Crippen LogP contribution in [0.5, 0.6) is 11.5 Å². The molecule has 3 aromatic rings. The van der Waals surface area contributed by atoms with Gasteiger partial charge in [-0.05, 0) is 49.1 Å². The van der Waals surface area contributed by atoms with Gasteiger partial charge in [-0.15, -0.1) is 0 Å². The lowest BCUT2D eigenvalue weighted by Crippen LogP contribution is -2.07. The molecule has 0 aliphatic rings. The van der Waals surface area contributed by atoms with E-state index in [9.17, 15) is 22.4 Å². The second kappa shape index (κ2) is 10.5. The van der Waals surface area contributed by atoms with Crippen LogP contribution in [0.25, 0.3) is 5.82 Å². The number of ether oxygens (including phenoxy) is 2. The molecule has 0 N–H and O–H groups in total. The van der Waals surface area contributed by atoms with Crippen LogP contribution >= 0.6 is 0 Å². The van der Waals surface area contributed by atoms with Crippen molar-refractivity contribution < 1.29 is 31.8 Å². The molecule has 0 unspecified atom stereocenters. The number of esters is 1. The van der Waals surface area contributed by atoms with Crippen molar-refractivity contribution in [2.75, 3.05) is 6.61 Å². The standard InChI is InChI=1S/C23H23F4N3O3/c1-3-5-20-16(14-30(29-20)22-10-7-17(13-28-22)23(25,26)27)6-4-11-32-21-12-18(33-15(2)31)8-9-19(21)24/h7-10,12-14H,3-6,11H2,1-2H3. The molecule has 33 heavy (non-hydrogen) atoms. The Labute approximate surface area is 188 Å². The summed E-state index contributed by atoms with van der Waals surface area (Å²) in [5.41, 5.74) is 0.910. The molecule has 0 bridgehead atoms. The van der Waals surface area contributed by atoms with E-state index in [1.807, 2.05) is 6.92 Å². The number of hydrogen-bond donors (Lipinski definition) is 0. The third-order valence-corrected chi connectivity index (χ3v) is 4.69. The Bertz CT molecular complexity index is 1100. The molecule has 2 aromatic heterocycles. The van der Waals surface area contributed by atoms with E-state index in [0.29, 0.717) is 19.3 Å². The number of hydrogen-bond acceptors (Lipinski definition) is 5. The van der Waals surface area contributed by atoms with Crippen molar-refractivity contribution in [3.05, 3.63) is 65.4 Å². The first-order valence-corrected chi connectivity index (χ1v) is 10.4. The van der Waals surface area contributed by atoms with Crippen LogP contribution in [0.2, 0.25) is 0 Å². The largest absolute Gasteiger partial charge is 0.490 e. The summed E-state index contributed by atoms with van der Waals surface area (Å²) >= 11 is 0. The lowest BCUT2D eigenvalue weighted by Gasteiger charge is -2.09. The summed E-state index contributed by atoms with van der Waals surface area (Å²) in [6.07, 6.45) is 0.718. The van der Waals surface area contributed by atoms with Crippen molar-refractivity contribution in [3.8, 4) is 17.3 Å². The topological polar surface area (TPSA) is 66.2 Å². The minimum Gasteiger partial charge on any atom is -0.490 e. The molecule has 3 rings (SSSR count). The number of carbonyl (C=O) groups is 1. The van der Waals surface area contributed by atoms with Gasteiger partial charge in [0, 0.05) is 25.4 Å². The van der Waals surface area contributed by atoms with Gasteiger partial charge < -0.3 is 9.47 Å². The van der Waals surface area contributed by atoms with Crippen LogP contribution in [0.1, 0.15) is 43.5 Å². The van der Waals surface area contributed by atoms with Crippen LogP contribution in [-0.2, 0) is 23.8 Å². The van der Waals surface area contributed by atoms with Gasteiger partial charge in [0.1, 0.15) is 5.75 Å². The third-order valence-electron chi connectivity index (χ3n) is 4.69. The van der Waals surface area contributed by atoms with Gasteiger partial charge >= 0.3 is 12.1 Å². The smallest absolute Gasteiger partial charge is 0.417 e. The fourth-order valence-electron chi connectivity index (χ4n) is 3.18. The lowest BCUT2D eigenvalue weighted by molar-refractivity contribution is -0.138. The molecule has 10 heteroatoms. The first kappa shape index (κ1) is 24.2. The molecule has 0 amide bonds. The highest BCUT2D eigenvalue weighted by Gasteiger charge is 2.30. The van der Waals surface area contributed by atoms with E-state index < -0.39 is 23.5 Å². The quantitative estimate of drug-likeness (QED) is 0.185. The zero-order chi connectivity index (χ0) is 24.0. The number of pyridine rings is 1. The maximum absolute atomic E-state index is 14.0. The number of carbonyl (C=O) groups excluding carboxylic acids is 1. The molecule has 1 aromatic carbocycles. The van der Waals surface area contributed by atoms with Crippen molar-refractivity contribution in [1.29, 1.82) is 0 Å². The summed E-state index contributed by atoms with van der Waals surface area (Å²) in [5.74, 6) is -0.636. The highest BCUT2D eigenvalue weighted by Crippen LogP contribution is 2.29. The van der Waals surface area contributed by atoms with Crippen molar-refractivity contribution in [1.82, 2.24) is 14.8 Å². The molecular weight excluding hydrogens is 442 g/mol.